The minimum absolute atomic E-state index is 0.121. The molecule has 25 heavy (non-hydrogen) atoms. The van der Waals surface area contributed by atoms with Crippen LogP contribution in [0.2, 0.25) is 0 Å². The van der Waals surface area contributed by atoms with Gasteiger partial charge in [0.25, 0.3) is 0 Å². The molecule has 0 saturated heterocycles. The second-order valence-corrected chi connectivity index (χ2v) is 7.36. The number of fused-ring (bicyclic) bond motifs is 1. The molecule has 0 bridgehead atoms. The summed E-state index contributed by atoms with van der Waals surface area (Å²) in [5.41, 5.74) is 2.27. The Kier molecular flexibility index (Phi) is 6.42. The molecule has 1 N–H and O–H groups in total. The van der Waals surface area contributed by atoms with Crippen LogP contribution in [-0.2, 0) is 24.1 Å². The van der Waals surface area contributed by atoms with Crippen molar-refractivity contribution in [1.82, 2.24) is 9.88 Å². The number of aromatic nitrogens is 1. The molecule has 2 amide bonds. The van der Waals surface area contributed by atoms with E-state index >= 15 is 0 Å². The number of nitrogens with zero attached hydrogens (tertiary/aromatic N) is 2. The maximum atomic E-state index is 12.7. The van der Waals surface area contributed by atoms with E-state index in [-0.39, 0.29) is 6.03 Å². The molecule has 1 aliphatic carbocycles. The van der Waals surface area contributed by atoms with E-state index in [0.717, 1.165) is 18.4 Å². The number of benzene rings is 1. The van der Waals surface area contributed by atoms with E-state index in [9.17, 15) is 4.79 Å². The van der Waals surface area contributed by atoms with Gasteiger partial charge in [-0.05, 0) is 31.2 Å². The van der Waals surface area contributed by atoms with Crippen molar-refractivity contribution < 1.29 is 9.53 Å². The topological polar surface area (TPSA) is 54.5 Å². The van der Waals surface area contributed by atoms with Gasteiger partial charge in [-0.2, -0.15) is 0 Å². The molecule has 1 aromatic carbocycles. The first-order valence-electron chi connectivity index (χ1n) is 8.83. The third kappa shape index (κ3) is 5.03. The van der Waals surface area contributed by atoms with Crippen LogP contribution in [0.25, 0.3) is 0 Å². The van der Waals surface area contributed by atoms with Crippen LogP contribution in [0.3, 0.4) is 0 Å². The lowest BCUT2D eigenvalue weighted by molar-refractivity contribution is 0.153. The van der Waals surface area contributed by atoms with Gasteiger partial charge in [-0.15, -0.1) is 11.3 Å². The van der Waals surface area contributed by atoms with Crippen LogP contribution < -0.4 is 5.32 Å². The average Bonchev–Trinajstić information content (AvgIpc) is 2.87. The first-order valence-corrected chi connectivity index (χ1v) is 9.65. The number of carbonyl (C=O) groups is 1. The Labute approximate surface area is 153 Å². The van der Waals surface area contributed by atoms with E-state index in [4.69, 9.17) is 4.74 Å². The first kappa shape index (κ1) is 17.9. The SMILES string of the molecule is COCCN(Cc1ccccc1)C(=O)Nc1nc2c(s1)CCCCC2. The summed E-state index contributed by atoms with van der Waals surface area (Å²) in [7, 11) is 1.65. The number of amides is 2. The number of methoxy groups -OCH3 is 1. The molecular weight excluding hydrogens is 334 g/mol. The highest BCUT2D eigenvalue weighted by atomic mass is 32.1. The predicted octanol–water partition coefficient (Wildman–Crippen LogP) is 4.09. The molecule has 5 nitrogen and oxygen atoms in total. The number of thiazole rings is 1. The Hall–Kier alpha value is -1.92. The fourth-order valence-corrected chi connectivity index (χ4v) is 4.05. The number of nitrogens with one attached hydrogen (secondary N) is 1. The fraction of sp³-hybridized carbons (Fsp3) is 0.474. The highest BCUT2D eigenvalue weighted by Crippen LogP contribution is 2.29. The Morgan fingerprint density at radius 2 is 2.04 bits per heavy atom. The number of aryl methyl sites for hydroxylation is 2. The number of anilines is 1. The van der Waals surface area contributed by atoms with Crippen LogP contribution in [0.5, 0.6) is 0 Å². The first-order chi connectivity index (χ1) is 12.3. The normalized spacial score (nSPS) is 13.8. The molecule has 1 aromatic heterocycles. The monoisotopic (exact) mass is 359 g/mol. The van der Waals surface area contributed by atoms with Gasteiger partial charge < -0.3 is 9.64 Å². The molecule has 0 atom stereocenters. The van der Waals surface area contributed by atoms with E-state index in [1.54, 1.807) is 23.3 Å². The van der Waals surface area contributed by atoms with Gasteiger partial charge in [-0.25, -0.2) is 9.78 Å². The van der Waals surface area contributed by atoms with Gasteiger partial charge in [0.15, 0.2) is 5.13 Å². The second-order valence-electron chi connectivity index (χ2n) is 6.28. The zero-order chi connectivity index (χ0) is 17.5. The Morgan fingerprint density at radius 1 is 1.24 bits per heavy atom. The highest BCUT2D eigenvalue weighted by molar-refractivity contribution is 7.15. The van der Waals surface area contributed by atoms with E-state index in [0.29, 0.717) is 24.8 Å². The lowest BCUT2D eigenvalue weighted by Crippen LogP contribution is -2.36. The van der Waals surface area contributed by atoms with E-state index in [2.05, 4.69) is 10.3 Å². The predicted molar refractivity (Wildman–Crippen MR) is 101 cm³/mol. The van der Waals surface area contributed by atoms with Crippen LogP contribution in [-0.4, -0.2) is 36.2 Å². The van der Waals surface area contributed by atoms with Crippen molar-refractivity contribution in [3.63, 3.8) is 0 Å². The summed E-state index contributed by atoms with van der Waals surface area (Å²) in [5.74, 6) is 0. The van der Waals surface area contributed by atoms with E-state index in [1.807, 2.05) is 30.3 Å². The van der Waals surface area contributed by atoms with Crippen molar-refractivity contribution in [2.45, 2.75) is 38.6 Å². The maximum absolute atomic E-state index is 12.7. The summed E-state index contributed by atoms with van der Waals surface area (Å²) >= 11 is 1.62. The molecule has 0 spiro atoms. The van der Waals surface area contributed by atoms with Crippen molar-refractivity contribution in [2.24, 2.45) is 0 Å². The molecule has 0 aliphatic heterocycles. The van der Waals surface area contributed by atoms with Gasteiger partial charge in [0.1, 0.15) is 0 Å². The van der Waals surface area contributed by atoms with Crippen LogP contribution in [0.15, 0.2) is 30.3 Å². The van der Waals surface area contributed by atoms with Crippen LogP contribution in [0.4, 0.5) is 9.93 Å². The van der Waals surface area contributed by atoms with Crippen molar-refractivity contribution in [2.75, 3.05) is 25.6 Å². The number of hydrogen-bond acceptors (Lipinski definition) is 4. The Balaban J connectivity index is 1.67. The maximum Gasteiger partial charge on any atom is 0.324 e. The molecule has 1 heterocycles. The molecule has 2 aromatic rings. The van der Waals surface area contributed by atoms with E-state index < -0.39 is 0 Å². The lowest BCUT2D eigenvalue weighted by atomic mass is 10.2. The molecule has 134 valence electrons. The van der Waals surface area contributed by atoms with Crippen LogP contribution in [0, 0.1) is 0 Å². The Bertz CT molecular complexity index is 664. The lowest BCUT2D eigenvalue weighted by Gasteiger charge is -2.22. The highest BCUT2D eigenvalue weighted by Gasteiger charge is 2.18. The van der Waals surface area contributed by atoms with Gasteiger partial charge in [0.2, 0.25) is 0 Å². The summed E-state index contributed by atoms with van der Waals surface area (Å²) in [6, 6.07) is 9.88. The van der Waals surface area contributed by atoms with Crippen LogP contribution >= 0.6 is 11.3 Å². The summed E-state index contributed by atoms with van der Waals surface area (Å²) < 4.78 is 5.16. The minimum atomic E-state index is -0.121. The number of carbonyl (C=O) groups excluding carboxylic acids is 1. The summed E-state index contributed by atoms with van der Waals surface area (Å²) in [5, 5.41) is 3.70. The smallest absolute Gasteiger partial charge is 0.324 e. The van der Waals surface area contributed by atoms with Gasteiger partial charge in [-0.1, -0.05) is 36.8 Å². The molecule has 0 fully saturated rings. The molecule has 1 aliphatic rings. The molecular formula is C19H25N3O2S. The average molecular weight is 359 g/mol. The van der Waals surface area contributed by atoms with Crippen molar-refractivity contribution in [3.8, 4) is 0 Å². The van der Waals surface area contributed by atoms with Crippen molar-refractivity contribution in [3.05, 3.63) is 46.5 Å². The van der Waals surface area contributed by atoms with Gasteiger partial charge in [0.05, 0.1) is 12.3 Å². The zero-order valence-electron chi connectivity index (χ0n) is 14.7. The minimum Gasteiger partial charge on any atom is -0.383 e. The second kappa shape index (κ2) is 8.97. The number of urea groups is 1. The summed E-state index contributed by atoms with van der Waals surface area (Å²) in [6.07, 6.45) is 5.79. The van der Waals surface area contributed by atoms with Gasteiger partial charge in [-0.3, -0.25) is 5.32 Å². The molecule has 0 saturated carbocycles. The van der Waals surface area contributed by atoms with E-state index in [1.165, 1.54) is 29.8 Å². The summed E-state index contributed by atoms with van der Waals surface area (Å²) in [4.78, 5) is 20.5. The van der Waals surface area contributed by atoms with Crippen molar-refractivity contribution >= 4 is 22.5 Å². The molecule has 0 radical (unpaired) electrons. The fourth-order valence-electron chi connectivity index (χ4n) is 3.01. The van der Waals surface area contributed by atoms with Crippen molar-refractivity contribution in [1.29, 1.82) is 0 Å². The van der Waals surface area contributed by atoms with Gasteiger partial charge in [0, 0.05) is 25.1 Å². The molecule has 6 heteroatoms. The number of hydrogen-bond donors (Lipinski definition) is 1. The number of rotatable bonds is 6. The number of ether oxygens (including phenoxy) is 1. The Morgan fingerprint density at radius 3 is 2.84 bits per heavy atom. The van der Waals surface area contributed by atoms with Crippen LogP contribution in [0.1, 0.15) is 35.4 Å². The zero-order valence-corrected chi connectivity index (χ0v) is 15.5. The quantitative estimate of drug-likeness (QED) is 0.790. The third-order valence-electron chi connectivity index (χ3n) is 4.38. The molecule has 0 unspecified atom stereocenters. The largest absolute Gasteiger partial charge is 0.383 e. The van der Waals surface area contributed by atoms with Gasteiger partial charge >= 0.3 is 6.03 Å². The standard InChI is InChI=1S/C19H25N3O2S/c1-24-13-12-22(14-15-8-4-2-5-9-15)19(23)21-18-20-16-10-6-3-7-11-17(16)25-18/h2,4-5,8-9H,3,6-7,10-14H2,1H3,(H,20,21,23). The summed E-state index contributed by atoms with van der Waals surface area (Å²) in [6.45, 7) is 1.61. The molecule has 3 rings (SSSR count). The third-order valence-corrected chi connectivity index (χ3v) is 5.45.